The van der Waals surface area contributed by atoms with Crippen LogP contribution in [0, 0.1) is 11.3 Å². The number of unbranched alkanes of at least 4 members (excludes halogenated alkanes) is 2. The Morgan fingerprint density at radius 2 is 2.05 bits per heavy atom. The van der Waals surface area contributed by atoms with E-state index in [4.69, 9.17) is 16.1 Å². The Morgan fingerprint density at radius 3 is 2.68 bits per heavy atom. The Morgan fingerprint density at radius 1 is 1.37 bits per heavy atom. The number of nitriles is 1. The van der Waals surface area contributed by atoms with Gasteiger partial charge in [-0.2, -0.15) is 5.26 Å². The zero-order valence-corrected chi connectivity index (χ0v) is 10.8. The molecule has 0 bridgehead atoms. The van der Waals surface area contributed by atoms with Gasteiger partial charge in [-0.25, -0.2) is 0 Å². The monoisotopic (exact) mass is 261 g/mol. The highest BCUT2D eigenvalue weighted by molar-refractivity contribution is 5.81. The van der Waals surface area contributed by atoms with Gasteiger partial charge in [0.2, 0.25) is 5.91 Å². The third-order valence-electron chi connectivity index (χ3n) is 2.74. The SMILES string of the molecule is N#CCCCCNC(=O)[C@H](N)Cc1ccc(O)cc1. The van der Waals surface area contributed by atoms with Gasteiger partial charge in [0, 0.05) is 13.0 Å². The van der Waals surface area contributed by atoms with E-state index in [0.29, 0.717) is 19.4 Å². The van der Waals surface area contributed by atoms with Crippen molar-refractivity contribution in [2.24, 2.45) is 5.73 Å². The summed E-state index contributed by atoms with van der Waals surface area (Å²) in [6.07, 6.45) is 2.51. The second-order valence-corrected chi connectivity index (χ2v) is 4.38. The fraction of sp³-hybridized carbons (Fsp3) is 0.429. The molecule has 1 aromatic carbocycles. The zero-order valence-electron chi connectivity index (χ0n) is 10.8. The minimum atomic E-state index is -0.597. The fourth-order valence-corrected chi connectivity index (χ4v) is 1.65. The Bertz CT molecular complexity index is 437. The number of carbonyl (C=O) groups excluding carboxylic acids is 1. The first-order valence-electron chi connectivity index (χ1n) is 6.31. The van der Waals surface area contributed by atoms with Crippen LogP contribution in [0.2, 0.25) is 0 Å². The Balaban J connectivity index is 2.28. The summed E-state index contributed by atoms with van der Waals surface area (Å²) < 4.78 is 0. The van der Waals surface area contributed by atoms with E-state index in [1.54, 1.807) is 24.3 Å². The van der Waals surface area contributed by atoms with Crippen molar-refractivity contribution in [1.29, 1.82) is 5.26 Å². The molecule has 0 aliphatic carbocycles. The lowest BCUT2D eigenvalue weighted by Gasteiger charge is -2.12. The number of nitrogens with one attached hydrogen (secondary N) is 1. The minimum absolute atomic E-state index is 0.190. The van der Waals surface area contributed by atoms with Gasteiger partial charge in [-0.3, -0.25) is 4.79 Å². The highest BCUT2D eigenvalue weighted by atomic mass is 16.3. The van der Waals surface area contributed by atoms with Gasteiger partial charge in [0.15, 0.2) is 0 Å². The number of phenolic OH excluding ortho intramolecular Hbond substituents is 1. The molecule has 1 aromatic rings. The number of nitrogens with two attached hydrogens (primary N) is 1. The number of benzene rings is 1. The lowest BCUT2D eigenvalue weighted by Crippen LogP contribution is -2.42. The second-order valence-electron chi connectivity index (χ2n) is 4.38. The molecule has 1 atom stereocenters. The Hall–Kier alpha value is -2.06. The summed E-state index contributed by atoms with van der Waals surface area (Å²) in [6.45, 7) is 0.545. The van der Waals surface area contributed by atoms with Gasteiger partial charge in [-0.15, -0.1) is 0 Å². The second kappa shape index (κ2) is 8.11. The van der Waals surface area contributed by atoms with Crippen LogP contribution in [0.1, 0.15) is 24.8 Å². The number of rotatable bonds is 7. The smallest absolute Gasteiger partial charge is 0.237 e. The molecule has 19 heavy (non-hydrogen) atoms. The van der Waals surface area contributed by atoms with Crippen molar-refractivity contribution in [3.05, 3.63) is 29.8 Å². The van der Waals surface area contributed by atoms with E-state index in [2.05, 4.69) is 11.4 Å². The number of hydrogen-bond acceptors (Lipinski definition) is 4. The summed E-state index contributed by atoms with van der Waals surface area (Å²) >= 11 is 0. The van der Waals surface area contributed by atoms with Crippen LogP contribution in [0.3, 0.4) is 0 Å². The summed E-state index contributed by atoms with van der Waals surface area (Å²) in [5.74, 6) is 0.00398. The molecule has 5 heteroatoms. The normalized spacial score (nSPS) is 11.6. The van der Waals surface area contributed by atoms with Crippen molar-refractivity contribution >= 4 is 5.91 Å². The van der Waals surface area contributed by atoms with Crippen LogP contribution in [0.5, 0.6) is 5.75 Å². The summed E-state index contributed by atoms with van der Waals surface area (Å²) in [4.78, 5) is 11.7. The molecule has 0 radical (unpaired) electrons. The van der Waals surface area contributed by atoms with Crippen molar-refractivity contribution in [3.8, 4) is 11.8 Å². The summed E-state index contributed by atoms with van der Waals surface area (Å²) in [5.41, 5.74) is 6.71. The molecular formula is C14H19N3O2. The van der Waals surface area contributed by atoms with Crippen LogP contribution in [0.25, 0.3) is 0 Å². The van der Waals surface area contributed by atoms with Crippen LogP contribution >= 0.6 is 0 Å². The maximum Gasteiger partial charge on any atom is 0.237 e. The highest BCUT2D eigenvalue weighted by Crippen LogP contribution is 2.10. The van der Waals surface area contributed by atoms with Gasteiger partial charge in [-0.05, 0) is 37.0 Å². The Labute approximate surface area is 113 Å². The lowest BCUT2D eigenvalue weighted by molar-refractivity contribution is -0.122. The number of hydrogen-bond donors (Lipinski definition) is 3. The number of carbonyl (C=O) groups is 1. The molecule has 5 nitrogen and oxygen atoms in total. The molecule has 0 spiro atoms. The standard InChI is InChI=1S/C14H19N3O2/c15-8-2-1-3-9-17-14(19)13(16)10-11-4-6-12(18)7-5-11/h4-7,13,18H,1-3,9-10,16H2,(H,17,19)/t13-/m1/s1. The van der Waals surface area contributed by atoms with Crippen molar-refractivity contribution in [2.75, 3.05) is 6.54 Å². The largest absolute Gasteiger partial charge is 0.508 e. The maximum absolute atomic E-state index is 11.7. The zero-order chi connectivity index (χ0) is 14.1. The van der Waals surface area contributed by atoms with Crippen molar-refractivity contribution in [3.63, 3.8) is 0 Å². The summed E-state index contributed by atoms with van der Waals surface area (Å²) in [7, 11) is 0. The van der Waals surface area contributed by atoms with Gasteiger partial charge >= 0.3 is 0 Å². The van der Waals surface area contributed by atoms with E-state index in [0.717, 1.165) is 18.4 Å². The molecule has 0 unspecified atom stereocenters. The quantitative estimate of drug-likeness (QED) is 0.639. The first-order valence-corrected chi connectivity index (χ1v) is 6.31. The minimum Gasteiger partial charge on any atom is -0.508 e. The molecule has 0 saturated carbocycles. The van der Waals surface area contributed by atoms with E-state index < -0.39 is 6.04 Å². The van der Waals surface area contributed by atoms with E-state index in [1.807, 2.05) is 0 Å². The first-order chi connectivity index (χ1) is 9.13. The van der Waals surface area contributed by atoms with Crippen LogP contribution in [-0.2, 0) is 11.2 Å². The van der Waals surface area contributed by atoms with Gasteiger partial charge in [0.1, 0.15) is 5.75 Å². The van der Waals surface area contributed by atoms with E-state index in [1.165, 1.54) is 0 Å². The van der Waals surface area contributed by atoms with Crippen LogP contribution in [-0.4, -0.2) is 23.6 Å². The Kier molecular flexibility index (Phi) is 6.41. The molecule has 4 N–H and O–H groups in total. The molecular weight excluding hydrogens is 242 g/mol. The van der Waals surface area contributed by atoms with Crippen LogP contribution in [0.4, 0.5) is 0 Å². The van der Waals surface area contributed by atoms with Crippen LogP contribution in [0.15, 0.2) is 24.3 Å². The number of amides is 1. The number of nitrogens with zero attached hydrogens (tertiary/aromatic N) is 1. The van der Waals surface area contributed by atoms with Crippen molar-refractivity contribution < 1.29 is 9.90 Å². The average molecular weight is 261 g/mol. The van der Waals surface area contributed by atoms with Crippen molar-refractivity contribution in [2.45, 2.75) is 31.7 Å². The number of aromatic hydroxyl groups is 1. The van der Waals surface area contributed by atoms with E-state index >= 15 is 0 Å². The highest BCUT2D eigenvalue weighted by Gasteiger charge is 2.13. The molecule has 0 fully saturated rings. The third-order valence-corrected chi connectivity index (χ3v) is 2.74. The van der Waals surface area contributed by atoms with Gasteiger partial charge in [0.25, 0.3) is 0 Å². The van der Waals surface area contributed by atoms with Gasteiger partial charge in [0.05, 0.1) is 12.1 Å². The molecule has 0 heterocycles. The third kappa shape index (κ3) is 5.89. The van der Waals surface area contributed by atoms with E-state index in [9.17, 15) is 4.79 Å². The van der Waals surface area contributed by atoms with Crippen LogP contribution < -0.4 is 11.1 Å². The van der Waals surface area contributed by atoms with Crippen molar-refractivity contribution in [1.82, 2.24) is 5.32 Å². The van der Waals surface area contributed by atoms with Gasteiger partial charge in [-0.1, -0.05) is 12.1 Å². The molecule has 0 aromatic heterocycles. The van der Waals surface area contributed by atoms with Gasteiger partial charge < -0.3 is 16.2 Å². The lowest BCUT2D eigenvalue weighted by atomic mass is 10.1. The number of phenols is 1. The topological polar surface area (TPSA) is 99.1 Å². The molecule has 0 aliphatic rings. The molecule has 1 rings (SSSR count). The molecule has 0 aliphatic heterocycles. The summed E-state index contributed by atoms with van der Waals surface area (Å²) in [6, 6.07) is 8.09. The average Bonchev–Trinajstić information content (AvgIpc) is 2.41. The molecule has 1 amide bonds. The van der Waals surface area contributed by atoms with E-state index in [-0.39, 0.29) is 11.7 Å². The predicted octanol–water partition coefficient (Wildman–Crippen LogP) is 1.07. The molecule has 102 valence electrons. The predicted molar refractivity (Wildman–Crippen MR) is 72.3 cm³/mol. The fourth-order valence-electron chi connectivity index (χ4n) is 1.65. The first kappa shape index (κ1) is 15.0. The maximum atomic E-state index is 11.7. The molecule has 0 saturated heterocycles. The summed E-state index contributed by atoms with van der Waals surface area (Å²) in [5, 5.41) is 20.3.